The Balaban J connectivity index is 3.67. The fourth-order valence-electron chi connectivity index (χ4n) is 7.81. The predicted octanol–water partition coefficient (Wildman–Crippen LogP) is 13.4. The molecule has 0 saturated heterocycles. The lowest BCUT2D eigenvalue weighted by Crippen LogP contribution is -2.53. The molecule has 0 aromatic heterocycles. The lowest BCUT2D eigenvalue weighted by Gasteiger charge is -2.27. The van der Waals surface area contributed by atoms with E-state index in [9.17, 15) is 25.2 Å². The summed E-state index contributed by atoms with van der Waals surface area (Å²) in [5.74, 6) is -0.589. The molecule has 4 unspecified atom stereocenters. The maximum Gasteiger partial charge on any atom is 0.249 e. The summed E-state index contributed by atoms with van der Waals surface area (Å²) in [6.45, 7) is 4.07. The molecule has 55 heavy (non-hydrogen) atoms. The van der Waals surface area contributed by atoms with Crippen LogP contribution in [0.4, 0.5) is 0 Å². The first-order valence-electron chi connectivity index (χ1n) is 24.6. The molecule has 328 valence electrons. The van der Waals surface area contributed by atoms with Crippen molar-refractivity contribution in [1.82, 2.24) is 5.32 Å². The molecular weight excluding hydrogens is 683 g/mol. The minimum absolute atomic E-state index is 0.358. The van der Waals surface area contributed by atoms with Gasteiger partial charge in [0.05, 0.1) is 18.8 Å². The van der Waals surface area contributed by atoms with Crippen LogP contribution in [-0.2, 0) is 4.79 Å². The number of aliphatic hydroxyl groups is 4. The van der Waals surface area contributed by atoms with E-state index in [1.807, 2.05) is 0 Å². The lowest BCUT2D eigenvalue weighted by molar-refractivity contribution is -0.132. The summed E-state index contributed by atoms with van der Waals surface area (Å²) in [4.78, 5) is 12.5. The minimum atomic E-state index is -1.26. The van der Waals surface area contributed by atoms with Gasteiger partial charge in [-0.1, -0.05) is 238 Å². The Morgan fingerprint density at radius 2 is 0.727 bits per heavy atom. The monoisotopic (exact) mass is 780 g/mol. The zero-order chi connectivity index (χ0) is 40.3. The number of unbranched alkanes of at least 4 members (excludes halogenated alkanes) is 34. The van der Waals surface area contributed by atoms with Crippen LogP contribution < -0.4 is 5.32 Å². The molecule has 0 spiro atoms. The fraction of sp³-hybridized carbons (Fsp3) is 0.939. The van der Waals surface area contributed by atoms with Gasteiger partial charge in [0, 0.05) is 0 Å². The fourth-order valence-corrected chi connectivity index (χ4v) is 7.81. The van der Waals surface area contributed by atoms with Gasteiger partial charge in [-0.15, -0.1) is 0 Å². The van der Waals surface area contributed by atoms with Gasteiger partial charge in [0.15, 0.2) is 0 Å². The minimum Gasteiger partial charge on any atom is -0.394 e. The number of carbonyl (C=O) groups excluding carboxylic acids is 1. The van der Waals surface area contributed by atoms with E-state index >= 15 is 0 Å². The van der Waals surface area contributed by atoms with Gasteiger partial charge >= 0.3 is 0 Å². The van der Waals surface area contributed by atoms with Crippen molar-refractivity contribution in [3.8, 4) is 0 Å². The Labute approximate surface area is 342 Å². The topological polar surface area (TPSA) is 110 Å². The average Bonchev–Trinajstić information content (AvgIpc) is 3.19. The second kappa shape index (κ2) is 44.2. The smallest absolute Gasteiger partial charge is 0.249 e. The summed E-state index contributed by atoms with van der Waals surface area (Å²) in [5, 5.41) is 43.8. The van der Waals surface area contributed by atoms with E-state index in [1.165, 1.54) is 186 Å². The van der Waals surface area contributed by atoms with Crippen LogP contribution in [0, 0.1) is 0 Å². The quantitative estimate of drug-likeness (QED) is 0.0312. The molecule has 5 N–H and O–H groups in total. The first-order chi connectivity index (χ1) is 27.0. The predicted molar refractivity (Wildman–Crippen MR) is 238 cm³/mol. The van der Waals surface area contributed by atoms with Crippen molar-refractivity contribution < 1.29 is 25.2 Å². The van der Waals surface area contributed by atoms with E-state index in [1.54, 1.807) is 0 Å². The first kappa shape index (κ1) is 54.0. The molecule has 0 fully saturated rings. The number of allylic oxidation sites excluding steroid dienone is 2. The molecule has 0 aromatic carbocycles. The number of carbonyl (C=O) groups is 1. The van der Waals surface area contributed by atoms with E-state index in [0.717, 1.165) is 51.4 Å². The third-order valence-electron chi connectivity index (χ3n) is 11.7. The van der Waals surface area contributed by atoms with Crippen molar-refractivity contribution >= 4 is 5.91 Å². The van der Waals surface area contributed by atoms with Crippen LogP contribution in [0.3, 0.4) is 0 Å². The zero-order valence-electron chi connectivity index (χ0n) is 36.9. The molecule has 0 radical (unpaired) electrons. The molecule has 4 atom stereocenters. The zero-order valence-corrected chi connectivity index (χ0v) is 36.9. The number of amides is 1. The highest BCUT2D eigenvalue weighted by atomic mass is 16.3. The molecule has 6 heteroatoms. The molecule has 6 nitrogen and oxygen atoms in total. The molecule has 0 aromatic rings. The summed E-state index contributed by atoms with van der Waals surface area (Å²) in [6, 6.07) is -0.987. The Bertz CT molecular complexity index is 791. The van der Waals surface area contributed by atoms with Crippen LogP contribution in [-0.4, -0.2) is 57.3 Å². The standard InChI is InChI=1S/C49H97NO5/c1-3-5-7-9-11-13-15-17-19-21-22-23-24-25-27-28-30-32-34-36-38-40-42-46(52)48(54)45(44-51)50-49(55)47(53)43-41-39-37-35-33-31-29-26-20-18-16-14-12-10-8-6-4-2/h29,31,45-48,51-54H,3-28,30,32-44H2,1-2H3,(H,50,55)/b31-29-. The molecule has 0 heterocycles. The molecule has 0 aliphatic rings. The van der Waals surface area contributed by atoms with Crippen molar-refractivity contribution in [3.05, 3.63) is 12.2 Å². The van der Waals surface area contributed by atoms with Crippen LogP contribution in [0.25, 0.3) is 0 Å². The third-order valence-corrected chi connectivity index (χ3v) is 11.7. The summed E-state index contributed by atoms with van der Waals surface area (Å²) in [7, 11) is 0. The second-order valence-electron chi connectivity index (χ2n) is 17.2. The SMILES string of the molecule is CCCCCCCCCCC/C=C\CCCCCCC(O)C(=O)NC(CO)C(O)C(O)CCCCCCCCCCCCCCCCCCCCCCCC. The van der Waals surface area contributed by atoms with Crippen LogP contribution in [0.1, 0.15) is 264 Å². The van der Waals surface area contributed by atoms with Crippen LogP contribution in [0.5, 0.6) is 0 Å². The highest BCUT2D eigenvalue weighted by Gasteiger charge is 2.28. The van der Waals surface area contributed by atoms with E-state index < -0.39 is 36.9 Å². The largest absolute Gasteiger partial charge is 0.394 e. The van der Waals surface area contributed by atoms with Crippen molar-refractivity contribution in [2.45, 2.75) is 289 Å². The lowest BCUT2D eigenvalue weighted by atomic mass is 9.99. The average molecular weight is 780 g/mol. The summed E-state index contributed by atoms with van der Waals surface area (Å²) in [6.07, 6.45) is 49.7. The van der Waals surface area contributed by atoms with Gasteiger partial charge < -0.3 is 25.7 Å². The molecule has 0 aliphatic heterocycles. The van der Waals surface area contributed by atoms with E-state index in [2.05, 4.69) is 31.3 Å². The molecular formula is C49H97NO5. The van der Waals surface area contributed by atoms with Gasteiger partial charge in [0.25, 0.3) is 0 Å². The van der Waals surface area contributed by atoms with Gasteiger partial charge in [0.2, 0.25) is 5.91 Å². The van der Waals surface area contributed by atoms with E-state index in [0.29, 0.717) is 12.8 Å². The van der Waals surface area contributed by atoms with Crippen molar-refractivity contribution in [1.29, 1.82) is 0 Å². The number of nitrogens with one attached hydrogen (secondary N) is 1. The first-order valence-corrected chi connectivity index (χ1v) is 24.6. The maximum atomic E-state index is 12.5. The highest BCUT2D eigenvalue weighted by Crippen LogP contribution is 2.17. The molecule has 0 bridgehead atoms. The Morgan fingerprint density at radius 1 is 0.436 bits per heavy atom. The number of rotatable bonds is 45. The maximum absolute atomic E-state index is 12.5. The summed E-state index contributed by atoms with van der Waals surface area (Å²) < 4.78 is 0. The van der Waals surface area contributed by atoms with Gasteiger partial charge in [0.1, 0.15) is 12.2 Å². The van der Waals surface area contributed by atoms with E-state index in [4.69, 9.17) is 0 Å². The Hall–Kier alpha value is -0.950. The summed E-state index contributed by atoms with van der Waals surface area (Å²) in [5.41, 5.74) is 0. The number of hydrogen-bond donors (Lipinski definition) is 5. The number of hydrogen-bond acceptors (Lipinski definition) is 5. The molecule has 1 amide bonds. The number of aliphatic hydroxyl groups excluding tert-OH is 4. The molecule has 0 rings (SSSR count). The third kappa shape index (κ3) is 38.3. The van der Waals surface area contributed by atoms with Gasteiger partial charge in [-0.25, -0.2) is 0 Å². The Kier molecular flexibility index (Phi) is 43.4. The van der Waals surface area contributed by atoms with Crippen molar-refractivity contribution in [2.75, 3.05) is 6.61 Å². The summed E-state index contributed by atoms with van der Waals surface area (Å²) >= 11 is 0. The van der Waals surface area contributed by atoms with Crippen molar-refractivity contribution in [3.63, 3.8) is 0 Å². The Morgan fingerprint density at radius 3 is 1.05 bits per heavy atom. The molecule has 0 saturated carbocycles. The van der Waals surface area contributed by atoms with Crippen molar-refractivity contribution in [2.24, 2.45) is 0 Å². The van der Waals surface area contributed by atoms with E-state index in [-0.39, 0.29) is 0 Å². The highest BCUT2D eigenvalue weighted by molar-refractivity contribution is 5.80. The van der Waals surface area contributed by atoms with Gasteiger partial charge in [-0.3, -0.25) is 4.79 Å². The van der Waals surface area contributed by atoms with Crippen LogP contribution >= 0.6 is 0 Å². The molecule has 0 aliphatic carbocycles. The van der Waals surface area contributed by atoms with Crippen LogP contribution in [0.15, 0.2) is 12.2 Å². The second-order valence-corrected chi connectivity index (χ2v) is 17.2. The van der Waals surface area contributed by atoms with Gasteiger partial charge in [-0.2, -0.15) is 0 Å². The van der Waals surface area contributed by atoms with Crippen LogP contribution in [0.2, 0.25) is 0 Å². The van der Waals surface area contributed by atoms with Gasteiger partial charge in [-0.05, 0) is 38.5 Å². The normalized spacial score (nSPS) is 14.1.